The van der Waals surface area contributed by atoms with E-state index in [2.05, 4.69) is 20.1 Å². The first-order valence-electron chi connectivity index (χ1n) is 10.5. The van der Waals surface area contributed by atoms with Crippen LogP contribution in [0.3, 0.4) is 0 Å². The zero-order valence-electron chi connectivity index (χ0n) is 18.2. The molecule has 0 aliphatic carbocycles. The predicted octanol–water partition coefficient (Wildman–Crippen LogP) is 2.34. The van der Waals surface area contributed by atoms with Crippen molar-refractivity contribution in [3.8, 4) is 11.5 Å². The maximum absolute atomic E-state index is 12.8. The molecule has 2 aromatic rings. The van der Waals surface area contributed by atoms with Crippen molar-refractivity contribution in [3.05, 3.63) is 29.4 Å². The molecule has 0 unspecified atom stereocenters. The predicted molar refractivity (Wildman–Crippen MR) is 122 cm³/mol. The highest BCUT2D eigenvalue weighted by Gasteiger charge is 2.24. The molecule has 1 aromatic carbocycles. The summed E-state index contributed by atoms with van der Waals surface area (Å²) in [4.78, 5) is 28.0. The molecule has 0 spiro atoms. The van der Waals surface area contributed by atoms with Crippen LogP contribution in [0.15, 0.2) is 24.4 Å². The lowest BCUT2D eigenvalue weighted by atomic mass is 10.2. The fourth-order valence-electron chi connectivity index (χ4n) is 3.72. The molecule has 0 radical (unpaired) electrons. The van der Waals surface area contributed by atoms with Crippen LogP contribution in [0, 0.1) is 0 Å². The highest BCUT2D eigenvalue weighted by atomic mass is 35.5. The second-order valence-corrected chi connectivity index (χ2v) is 7.81. The molecule has 2 aliphatic heterocycles. The molecule has 0 atom stereocenters. The summed E-state index contributed by atoms with van der Waals surface area (Å²) in [6, 6.07) is 4.98. The fourth-order valence-corrected chi connectivity index (χ4v) is 3.96. The third kappa shape index (κ3) is 4.91. The summed E-state index contributed by atoms with van der Waals surface area (Å²) in [5.41, 5.74) is 0.497. The molecule has 4 rings (SSSR count). The normalized spacial score (nSPS) is 16.7. The number of piperazine rings is 1. The molecule has 172 valence electrons. The van der Waals surface area contributed by atoms with Gasteiger partial charge in [0.2, 0.25) is 5.95 Å². The maximum Gasteiger partial charge on any atom is 0.322 e. The van der Waals surface area contributed by atoms with Gasteiger partial charge in [-0.3, -0.25) is 0 Å². The van der Waals surface area contributed by atoms with Gasteiger partial charge in [0.15, 0.2) is 0 Å². The van der Waals surface area contributed by atoms with Crippen molar-refractivity contribution >= 4 is 35.1 Å². The Labute approximate surface area is 192 Å². The topological polar surface area (TPSA) is 92.3 Å². The van der Waals surface area contributed by atoms with Crippen molar-refractivity contribution in [3.63, 3.8) is 0 Å². The number of halogens is 1. The molecule has 2 fully saturated rings. The van der Waals surface area contributed by atoms with Crippen LogP contribution in [-0.2, 0) is 4.74 Å². The quantitative estimate of drug-likeness (QED) is 0.723. The molecule has 0 saturated carbocycles. The molecule has 32 heavy (non-hydrogen) atoms. The molecule has 2 amide bonds. The van der Waals surface area contributed by atoms with Gasteiger partial charge >= 0.3 is 6.03 Å². The summed E-state index contributed by atoms with van der Waals surface area (Å²) in [5, 5.41) is 3.29. The Balaban J connectivity index is 1.37. The number of rotatable bonds is 5. The lowest BCUT2D eigenvalue weighted by Gasteiger charge is -2.36. The number of urea groups is 1. The Bertz CT molecular complexity index is 948. The average Bonchev–Trinajstić information content (AvgIpc) is 2.85. The van der Waals surface area contributed by atoms with Gasteiger partial charge in [0.1, 0.15) is 17.3 Å². The van der Waals surface area contributed by atoms with E-state index in [1.807, 2.05) is 6.07 Å². The monoisotopic (exact) mass is 462 g/mol. The standard InChI is InChI=1S/C21H27ClN6O4/c1-30-17-14-18(31-2)16(13-15(17)22)24-21(29)28-7-5-26(6-8-28)19-3-4-23-20(25-19)27-9-11-32-12-10-27/h3-4,13-14H,5-12H2,1-2H3,(H,24,29). The van der Waals surface area contributed by atoms with E-state index in [0.29, 0.717) is 61.6 Å². The Morgan fingerprint density at radius 2 is 1.75 bits per heavy atom. The van der Waals surface area contributed by atoms with E-state index >= 15 is 0 Å². The zero-order chi connectivity index (χ0) is 22.5. The van der Waals surface area contributed by atoms with Gasteiger partial charge in [-0.05, 0) is 12.1 Å². The average molecular weight is 463 g/mol. The molecule has 2 saturated heterocycles. The van der Waals surface area contributed by atoms with Crippen molar-refractivity contribution in [2.75, 3.05) is 81.8 Å². The van der Waals surface area contributed by atoms with Gasteiger partial charge in [-0.2, -0.15) is 4.98 Å². The number of morpholine rings is 1. The number of carbonyl (C=O) groups excluding carboxylic acids is 1. The van der Waals surface area contributed by atoms with E-state index in [0.717, 1.165) is 24.9 Å². The largest absolute Gasteiger partial charge is 0.495 e. The molecule has 2 aliphatic rings. The van der Waals surface area contributed by atoms with Crippen LogP contribution in [0.5, 0.6) is 11.5 Å². The molecule has 1 N–H and O–H groups in total. The van der Waals surface area contributed by atoms with Crippen molar-refractivity contribution in [2.45, 2.75) is 0 Å². The Hall–Kier alpha value is -2.98. The van der Waals surface area contributed by atoms with E-state index in [9.17, 15) is 4.79 Å². The van der Waals surface area contributed by atoms with E-state index in [-0.39, 0.29) is 6.03 Å². The number of aromatic nitrogens is 2. The molecule has 3 heterocycles. The van der Waals surface area contributed by atoms with Gasteiger partial charge in [-0.15, -0.1) is 0 Å². The highest BCUT2D eigenvalue weighted by molar-refractivity contribution is 6.32. The van der Waals surface area contributed by atoms with Crippen LogP contribution < -0.4 is 24.6 Å². The Morgan fingerprint density at radius 3 is 2.44 bits per heavy atom. The van der Waals surface area contributed by atoms with E-state index in [4.69, 9.17) is 30.8 Å². The highest BCUT2D eigenvalue weighted by Crippen LogP contribution is 2.36. The first-order valence-corrected chi connectivity index (χ1v) is 10.8. The van der Waals surface area contributed by atoms with Gasteiger partial charge in [0.25, 0.3) is 0 Å². The van der Waals surface area contributed by atoms with Crippen molar-refractivity contribution in [1.29, 1.82) is 0 Å². The minimum absolute atomic E-state index is 0.208. The third-order valence-corrected chi connectivity index (χ3v) is 5.82. The number of anilines is 3. The molecule has 1 aromatic heterocycles. The number of hydrogen-bond acceptors (Lipinski definition) is 8. The van der Waals surface area contributed by atoms with Crippen LogP contribution in [0.4, 0.5) is 22.2 Å². The molecule has 10 nitrogen and oxygen atoms in total. The number of nitrogens with zero attached hydrogens (tertiary/aromatic N) is 5. The van der Waals surface area contributed by atoms with Gasteiger partial charge in [-0.1, -0.05) is 11.6 Å². The minimum atomic E-state index is -0.208. The molecule has 11 heteroatoms. The van der Waals surface area contributed by atoms with Gasteiger partial charge in [0.05, 0.1) is 38.1 Å². The van der Waals surface area contributed by atoms with Crippen molar-refractivity contribution in [2.24, 2.45) is 0 Å². The second kappa shape index (κ2) is 10.1. The van der Waals surface area contributed by atoms with Crippen molar-refractivity contribution in [1.82, 2.24) is 14.9 Å². The molecule has 0 bridgehead atoms. The van der Waals surface area contributed by atoms with Gasteiger partial charge in [-0.25, -0.2) is 9.78 Å². The summed E-state index contributed by atoms with van der Waals surface area (Å²) in [5.74, 6) is 2.55. The van der Waals surface area contributed by atoms with Crippen LogP contribution in [0.2, 0.25) is 5.02 Å². The first-order chi connectivity index (χ1) is 15.6. The molecular formula is C21H27ClN6O4. The summed E-state index contributed by atoms with van der Waals surface area (Å²) in [6.45, 7) is 5.43. The smallest absolute Gasteiger partial charge is 0.322 e. The fraction of sp³-hybridized carbons (Fsp3) is 0.476. The first kappa shape index (κ1) is 22.2. The maximum atomic E-state index is 12.8. The minimum Gasteiger partial charge on any atom is -0.495 e. The van der Waals surface area contributed by atoms with E-state index in [1.165, 1.54) is 14.2 Å². The summed E-state index contributed by atoms with van der Waals surface area (Å²) >= 11 is 6.21. The Kier molecular flexibility index (Phi) is 7.01. The van der Waals surface area contributed by atoms with Gasteiger partial charge < -0.3 is 34.2 Å². The number of carbonyl (C=O) groups is 1. The number of hydrogen-bond donors (Lipinski definition) is 1. The number of ether oxygens (including phenoxy) is 3. The van der Waals surface area contributed by atoms with E-state index < -0.39 is 0 Å². The van der Waals surface area contributed by atoms with Crippen LogP contribution in [0.1, 0.15) is 0 Å². The second-order valence-electron chi connectivity index (χ2n) is 7.41. The SMILES string of the molecule is COc1cc(OC)c(NC(=O)N2CCN(c3ccnc(N4CCOCC4)n3)CC2)cc1Cl. The van der Waals surface area contributed by atoms with Crippen LogP contribution >= 0.6 is 11.6 Å². The van der Waals surface area contributed by atoms with E-state index in [1.54, 1.807) is 23.2 Å². The zero-order valence-corrected chi connectivity index (χ0v) is 19.0. The molecular weight excluding hydrogens is 436 g/mol. The van der Waals surface area contributed by atoms with Gasteiger partial charge in [0, 0.05) is 51.5 Å². The number of nitrogens with one attached hydrogen (secondary N) is 1. The third-order valence-electron chi connectivity index (χ3n) is 5.53. The van der Waals surface area contributed by atoms with Crippen LogP contribution in [-0.4, -0.2) is 87.6 Å². The van der Waals surface area contributed by atoms with Crippen molar-refractivity contribution < 1.29 is 19.0 Å². The summed E-state index contributed by atoms with van der Waals surface area (Å²) in [6.07, 6.45) is 1.78. The summed E-state index contributed by atoms with van der Waals surface area (Å²) in [7, 11) is 3.06. The number of amides is 2. The lowest BCUT2D eigenvalue weighted by molar-refractivity contribution is 0.122. The number of methoxy groups -OCH3 is 2. The Morgan fingerprint density at radius 1 is 1.03 bits per heavy atom. The van der Waals surface area contributed by atoms with Crippen LogP contribution in [0.25, 0.3) is 0 Å². The lowest BCUT2D eigenvalue weighted by Crippen LogP contribution is -2.50. The summed E-state index contributed by atoms with van der Waals surface area (Å²) < 4.78 is 16.0. The number of benzene rings is 1.